The number of carbonyl (C=O) groups excluding carboxylic acids is 1. The average molecular weight is 587 g/mol. The van der Waals surface area contributed by atoms with Crippen molar-refractivity contribution >= 4 is 52.3 Å². The Hall–Kier alpha value is -3.12. The summed E-state index contributed by atoms with van der Waals surface area (Å²) in [7, 11) is 0. The zero-order chi connectivity index (χ0) is 29.4. The Morgan fingerprint density at radius 1 is 1.05 bits per heavy atom. The van der Waals surface area contributed by atoms with Gasteiger partial charge in [-0.2, -0.15) is 11.8 Å². The number of amides is 1. The highest BCUT2D eigenvalue weighted by Gasteiger charge is 2.19. The lowest BCUT2D eigenvalue weighted by atomic mass is 9.91. The van der Waals surface area contributed by atoms with E-state index in [9.17, 15) is 9.90 Å². The van der Waals surface area contributed by atoms with E-state index in [0.717, 1.165) is 59.2 Å². The number of benzene rings is 3. The lowest BCUT2D eigenvalue weighted by Crippen LogP contribution is -2.20. The van der Waals surface area contributed by atoms with Gasteiger partial charge in [0, 0.05) is 15.7 Å². The van der Waals surface area contributed by atoms with Crippen molar-refractivity contribution in [2.75, 3.05) is 5.75 Å². The second-order valence-electron chi connectivity index (χ2n) is 11.2. The van der Waals surface area contributed by atoms with Gasteiger partial charge in [-0.25, -0.2) is 4.98 Å². The molecule has 0 saturated heterocycles. The molecule has 4 rings (SSSR count). The first-order valence-electron chi connectivity index (χ1n) is 14.1. The second kappa shape index (κ2) is 14.2. The minimum atomic E-state index is -0.660. The van der Waals surface area contributed by atoms with Crippen LogP contribution in [0.4, 0.5) is 0 Å². The van der Waals surface area contributed by atoms with Crippen LogP contribution in [0.15, 0.2) is 78.9 Å². The molecule has 0 bridgehead atoms. The molecule has 3 aromatic carbocycles. The van der Waals surface area contributed by atoms with E-state index in [-0.39, 0.29) is 17.1 Å². The Kier molecular flexibility index (Phi) is 10.7. The van der Waals surface area contributed by atoms with E-state index in [1.165, 1.54) is 11.1 Å². The fourth-order valence-corrected chi connectivity index (χ4v) is 6.33. The molecule has 1 heterocycles. The molecule has 0 saturated carbocycles. The zero-order valence-corrected chi connectivity index (χ0v) is 25.6. The van der Waals surface area contributed by atoms with Gasteiger partial charge < -0.3 is 10.8 Å². The van der Waals surface area contributed by atoms with Crippen LogP contribution in [0.3, 0.4) is 0 Å². The number of aliphatic hydroxyl groups is 1. The molecule has 1 aromatic heterocycles. The molecule has 214 valence electrons. The van der Waals surface area contributed by atoms with Crippen molar-refractivity contribution in [3.05, 3.63) is 112 Å². The molecule has 2 unspecified atom stereocenters. The molecular weight excluding hydrogens is 548 g/mol. The molecule has 3 N–H and O–H groups in total. The highest BCUT2D eigenvalue weighted by atomic mass is 35.5. The number of thioether (sulfide) groups is 1. The van der Waals surface area contributed by atoms with Crippen LogP contribution in [-0.4, -0.2) is 27.4 Å². The summed E-state index contributed by atoms with van der Waals surface area (Å²) in [6.45, 7) is 5.60. The van der Waals surface area contributed by atoms with Crippen molar-refractivity contribution in [2.45, 2.75) is 63.2 Å². The van der Waals surface area contributed by atoms with Crippen molar-refractivity contribution in [3.63, 3.8) is 0 Å². The Morgan fingerprint density at radius 3 is 2.61 bits per heavy atom. The third-order valence-electron chi connectivity index (χ3n) is 7.28. The predicted molar refractivity (Wildman–Crippen MR) is 175 cm³/mol. The molecule has 0 spiro atoms. The smallest absolute Gasteiger partial charge is 0.224 e. The van der Waals surface area contributed by atoms with Gasteiger partial charge in [0.2, 0.25) is 5.91 Å². The number of pyridine rings is 1. The number of hydrogen-bond donors (Lipinski definition) is 2. The molecule has 0 radical (unpaired) electrons. The molecule has 2 atom stereocenters. The van der Waals surface area contributed by atoms with Gasteiger partial charge >= 0.3 is 0 Å². The van der Waals surface area contributed by atoms with Gasteiger partial charge in [-0.05, 0) is 98.7 Å². The van der Waals surface area contributed by atoms with Crippen LogP contribution in [-0.2, 0) is 11.2 Å². The van der Waals surface area contributed by atoms with E-state index in [4.69, 9.17) is 22.3 Å². The van der Waals surface area contributed by atoms with Gasteiger partial charge in [0.25, 0.3) is 0 Å². The number of nitrogens with two attached hydrogens (primary N) is 1. The largest absolute Gasteiger partial charge is 0.390 e. The van der Waals surface area contributed by atoms with Crippen LogP contribution < -0.4 is 5.73 Å². The van der Waals surface area contributed by atoms with Crippen LogP contribution in [0, 0.1) is 0 Å². The fraction of sp³-hybridized carbons (Fsp3) is 0.314. The Bertz CT molecular complexity index is 1510. The summed E-state index contributed by atoms with van der Waals surface area (Å²) >= 11 is 8.10. The maximum atomic E-state index is 11.9. The highest BCUT2D eigenvalue weighted by molar-refractivity contribution is 7.99. The van der Waals surface area contributed by atoms with Crippen LogP contribution in [0.25, 0.3) is 23.1 Å². The summed E-state index contributed by atoms with van der Waals surface area (Å²) in [6, 6.07) is 26.6. The lowest BCUT2D eigenvalue weighted by molar-refractivity contribution is -0.119. The van der Waals surface area contributed by atoms with Gasteiger partial charge in [-0.3, -0.25) is 4.79 Å². The van der Waals surface area contributed by atoms with Crippen LogP contribution in [0.5, 0.6) is 0 Å². The molecule has 0 aliphatic rings. The summed E-state index contributed by atoms with van der Waals surface area (Å²) < 4.78 is 0. The van der Waals surface area contributed by atoms with Crippen LogP contribution >= 0.6 is 23.4 Å². The normalized spacial score (nSPS) is 13.5. The molecule has 41 heavy (non-hydrogen) atoms. The van der Waals surface area contributed by atoms with Crippen molar-refractivity contribution in [1.82, 2.24) is 4.98 Å². The minimum absolute atomic E-state index is 0.267. The number of hydrogen-bond acceptors (Lipinski definition) is 4. The Morgan fingerprint density at radius 2 is 1.83 bits per heavy atom. The summed E-state index contributed by atoms with van der Waals surface area (Å²) in [5, 5.41) is 12.2. The van der Waals surface area contributed by atoms with Crippen molar-refractivity contribution < 1.29 is 9.90 Å². The van der Waals surface area contributed by atoms with E-state index < -0.39 is 5.60 Å². The molecule has 6 heteroatoms. The maximum absolute atomic E-state index is 11.9. The molecule has 0 aliphatic heterocycles. The van der Waals surface area contributed by atoms with Crippen molar-refractivity contribution in [1.29, 1.82) is 0 Å². The number of aromatic nitrogens is 1. The number of rotatable bonds is 13. The number of nitrogens with zero attached hydrogens (tertiary/aromatic N) is 1. The fourth-order valence-electron chi connectivity index (χ4n) is 4.94. The van der Waals surface area contributed by atoms with Gasteiger partial charge in [0.05, 0.1) is 22.7 Å². The molecule has 4 nitrogen and oxygen atoms in total. The predicted octanol–water partition coefficient (Wildman–Crippen LogP) is 8.61. The topological polar surface area (TPSA) is 76.2 Å². The molecule has 0 fully saturated rings. The van der Waals surface area contributed by atoms with E-state index in [2.05, 4.69) is 42.5 Å². The van der Waals surface area contributed by atoms with E-state index >= 15 is 0 Å². The SMILES string of the molecule is CC(C(N)=O)c1ccccc1CCC(SCCCC(C)(C)O)c1cccc(/C=C/c2ccc3ccc(Cl)cc3n2)c1. The summed E-state index contributed by atoms with van der Waals surface area (Å²) in [5.74, 6) is 0.327. The van der Waals surface area contributed by atoms with E-state index in [1.807, 2.05) is 81.1 Å². The van der Waals surface area contributed by atoms with E-state index in [1.54, 1.807) is 0 Å². The number of aryl methyl sites for hydroxylation is 1. The maximum Gasteiger partial charge on any atom is 0.224 e. The number of fused-ring (bicyclic) bond motifs is 1. The van der Waals surface area contributed by atoms with E-state index in [0.29, 0.717) is 5.02 Å². The molecule has 4 aromatic rings. The molecule has 0 aliphatic carbocycles. The second-order valence-corrected chi connectivity index (χ2v) is 13.0. The minimum Gasteiger partial charge on any atom is -0.390 e. The quantitative estimate of drug-likeness (QED) is 0.154. The lowest BCUT2D eigenvalue weighted by Gasteiger charge is -2.21. The highest BCUT2D eigenvalue weighted by Crippen LogP contribution is 2.36. The summed E-state index contributed by atoms with van der Waals surface area (Å²) in [4.78, 5) is 16.7. The standard InChI is InChI=1S/C35H39ClN2O2S/c1-24(34(37)39)31-11-5-4-9-26(31)15-19-33(41-21-7-20-35(2,3)40)28-10-6-8-25(22-28)12-17-30-18-14-27-13-16-29(36)23-32(27)38-30/h4-6,8-14,16-18,22-24,33,40H,7,15,19-21H2,1-3H3,(H2,37,39)/b17-12+. The zero-order valence-electron chi connectivity index (χ0n) is 24.0. The first kappa shape index (κ1) is 30.8. The number of carbonyl (C=O) groups is 1. The summed E-state index contributed by atoms with van der Waals surface area (Å²) in [6.07, 6.45) is 7.61. The van der Waals surface area contributed by atoms with Crippen LogP contribution in [0.2, 0.25) is 5.02 Å². The molecule has 1 amide bonds. The third-order valence-corrected chi connectivity index (χ3v) is 8.95. The van der Waals surface area contributed by atoms with Crippen LogP contribution in [0.1, 0.15) is 79.1 Å². The van der Waals surface area contributed by atoms with Crippen molar-refractivity contribution in [3.8, 4) is 0 Å². The number of primary amides is 1. The monoisotopic (exact) mass is 586 g/mol. The summed E-state index contributed by atoms with van der Waals surface area (Å²) in [5.41, 5.74) is 11.3. The van der Waals surface area contributed by atoms with Gasteiger partial charge in [0.15, 0.2) is 0 Å². The Balaban J connectivity index is 1.53. The first-order chi connectivity index (χ1) is 19.6. The first-order valence-corrected chi connectivity index (χ1v) is 15.6. The Labute approximate surface area is 253 Å². The average Bonchev–Trinajstić information content (AvgIpc) is 2.94. The van der Waals surface area contributed by atoms with Gasteiger partial charge in [-0.1, -0.05) is 78.3 Å². The van der Waals surface area contributed by atoms with Gasteiger partial charge in [-0.15, -0.1) is 0 Å². The van der Waals surface area contributed by atoms with Gasteiger partial charge in [0.1, 0.15) is 0 Å². The van der Waals surface area contributed by atoms with Crippen molar-refractivity contribution in [2.24, 2.45) is 5.73 Å². The number of halogens is 1. The molecular formula is C35H39ClN2O2S. The third kappa shape index (κ3) is 9.19.